The maximum atomic E-state index is 13.6. The quantitative estimate of drug-likeness (QED) is 0.260. The number of hydrogen-bond donors (Lipinski definition) is 1. The fourth-order valence-corrected chi connectivity index (χ4v) is 6.65. The summed E-state index contributed by atoms with van der Waals surface area (Å²) in [5, 5.41) is 0.645. The zero-order valence-electron chi connectivity index (χ0n) is 20.2. The predicted octanol–water partition coefficient (Wildman–Crippen LogP) is 5.34. The monoisotopic (exact) mass is 501 g/mol. The van der Waals surface area contributed by atoms with E-state index in [1.165, 1.54) is 9.54 Å². The van der Waals surface area contributed by atoms with E-state index in [9.17, 15) is 13.2 Å². The molecule has 0 spiro atoms. The Morgan fingerprint density at radius 3 is 2.25 bits per heavy atom. The Bertz CT molecular complexity index is 1460. The second-order valence-electron chi connectivity index (χ2n) is 9.60. The van der Waals surface area contributed by atoms with Crippen LogP contribution in [-0.2, 0) is 16.6 Å². The molecule has 2 N–H and O–H groups in total. The summed E-state index contributed by atoms with van der Waals surface area (Å²) >= 11 is 0. The van der Waals surface area contributed by atoms with Crippen LogP contribution in [0.15, 0.2) is 89.8 Å². The number of Topliss-reactive ketones (excluding diaryl/α,β-unsaturated/α-hetero) is 1. The summed E-state index contributed by atoms with van der Waals surface area (Å²) in [5.41, 5.74) is 8.45. The van der Waals surface area contributed by atoms with Crippen LogP contribution in [0.25, 0.3) is 10.9 Å². The largest absolute Gasteiger partial charge is 0.399 e. The molecule has 1 aliphatic heterocycles. The molecule has 5 rings (SSSR count). The number of nitrogens with zero attached hydrogens (tertiary/aromatic N) is 2. The fraction of sp³-hybridized carbons (Fsp3) is 0.276. The van der Waals surface area contributed by atoms with E-state index in [1.807, 2.05) is 6.07 Å². The van der Waals surface area contributed by atoms with Gasteiger partial charge >= 0.3 is 0 Å². The third-order valence-corrected chi connectivity index (χ3v) is 8.83. The Morgan fingerprint density at radius 1 is 0.889 bits per heavy atom. The lowest BCUT2D eigenvalue weighted by Crippen LogP contribution is -2.33. The van der Waals surface area contributed by atoms with Crippen LogP contribution in [0.1, 0.15) is 41.7 Å². The molecule has 0 radical (unpaired) electrons. The van der Waals surface area contributed by atoms with Crippen molar-refractivity contribution < 1.29 is 13.2 Å². The first-order chi connectivity index (χ1) is 17.4. The van der Waals surface area contributed by atoms with Crippen LogP contribution in [-0.4, -0.2) is 36.2 Å². The summed E-state index contributed by atoms with van der Waals surface area (Å²) in [5.74, 6) is 0.302. The Morgan fingerprint density at radius 2 is 1.56 bits per heavy atom. The highest BCUT2D eigenvalue weighted by atomic mass is 32.2. The van der Waals surface area contributed by atoms with Gasteiger partial charge in [-0.2, -0.15) is 0 Å². The second-order valence-corrected chi connectivity index (χ2v) is 11.4. The molecule has 0 unspecified atom stereocenters. The molecule has 1 aliphatic rings. The smallest absolute Gasteiger partial charge is 0.268 e. The number of likely N-dealkylation sites (tertiary alicyclic amines) is 1. The number of nitrogens with two attached hydrogens (primary N) is 1. The van der Waals surface area contributed by atoms with Gasteiger partial charge in [0.25, 0.3) is 10.0 Å². The second kappa shape index (κ2) is 10.3. The zero-order valence-corrected chi connectivity index (χ0v) is 21.0. The number of nitrogen functional groups attached to an aromatic ring is 1. The van der Waals surface area contributed by atoms with E-state index in [1.54, 1.807) is 54.6 Å². The number of hydrogen-bond acceptors (Lipinski definition) is 5. The summed E-state index contributed by atoms with van der Waals surface area (Å²) in [6.07, 6.45) is 3.16. The average Bonchev–Trinajstić information content (AvgIpc) is 3.29. The van der Waals surface area contributed by atoms with E-state index >= 15 is 0 Å². The van der Waals surface area contributed by atoms with Gasteiger partial charge in [0.05, 0.1) is 10.4 Å². The van der Waals surface area contributed by atoms with Gasteiger partial charge in [-0.1, -0.05) is 48.5 Å². The van der Waals surface area contributed by atoms with Gasteiger partial charge in [-0.3, -0.25) is 9.69 Å². The first-order valence-corrected chi connectivity index (χ1v) is 13.9. The van der Waals surface area contributed by atoms with E-state index in [4.69, 9.17) is 5.73 Å². The highest BCUT2D eigenvalue weighted by Gasteiger charge is 2.27. The summed E-state index contributed by atoms with van der Waals surface area (Å²) in [6.45, 7) is 2.97. The Labute approximate surface area is 212 Å². The standard InChI is InChI=1S/C29H31N3O3S/c30-25-12-13-27-24(19-25)20-28(32(27)36(34,35)26-9-5-2-6-10-26)29(33)14-11-22-15-17-31(18-16-22)21-23-7-3-1-4-8-23/h1-10,12-13,19-20,22H,11,14-18,21,30H2. The van der Waals surface area contributed by atoms with Gasteiger partial charge in [-0.25, -0.2) is 12.4 Å². The molecule has 2 heterocycles. The molecule has 36 heavy (non-hydrogen) atoms. The van der Waals surface area contributed by atoms with Crippen LogP contribution in [0, 0.1) is 5.92 Å². The average molecular weight is 502 g/mol. The third kappa shape index (κ3) is 5.08. The summed E-state index contributed by atoms with van der Waals surface area (Å²) in [4.78, 5) is 16.0. The molecular formula is C29H31N3O3S. The van der Waals surface area contributed by atoms with Gasteiger partial charge in [-0.05, 0) is 80.2 Å². The summed E-state index contributed by atoms with van der Waals surface area (Å²) < 4.78 is 28.4. The molecule has 1 fully saturated rings. The summed E-state index contributed by atoms with van der Waals surface area (Å²) in [7, 11) is -3.94. The maximum Gasteiger partial charge on any atom is 0.268 e. The van der Waals surface area contributed by atoms with Gasteiger partial charge in [0, 0.05) is 24.0 Å². The number of anilines is 1. The number of aromatic nitrogens is 1. The number of rotatable bonds is 8. The van der Waals surface area contributed by atoms with E-state index < -0.39 is 10.0 Å². The van der Waals surface area contributed by atoms with Crippen molar-refractivity contribution in [3.05, 3.63) is 96.2 Å². The van der Waals surface area contributed by atoms with Crippen LogP contribution in [0.3, 0.4) is 0 Å². The number of fused-ring (bicyclic) bond motifs is 1. The first kappa shape index (κ1) is 24.3. The van der Waals surface area contributed by atoms with Crippen molar-refractivity contribution in [1.29, 1.82) is 0 Å². The van der Waals surface area contributed by atoms with Crippen LogP contribution in [0.2, 0.25) is 0 Å². The summed E-state index contributed by atoms with van der Waals surface area (Å²) in [6, 6.07) is 25.4. The predicted molar refractivity (Wildman–Crippen MR) is 143 cm³/mol. The minimum absolute atomic E-state index is 0.152. The van der Waals surface area contributed by atoms with Crippen LogP contribution in [0.5, 0.6) is 0 Å². The van der Waals surface area contributed by atoms with Crippen molar-refractivity contribution in [2.45, 2.75) is 37.1 Å². The van der Waals surface area contributed by atoms with Crippen molar-refractivity contribution in [3.8, 4) is 0 Å². The molecule has 0 bridgehead atoms. The lowest BCUT2D eigenvalue weighted by Gasteiger charge is -2.32. The molecule has 186 valence electrons. The normalized spacial score (nSPS) is 15.3. The van der Waals surface area contributed by atoms with Crippen molar-refractivity contribution in [1.82, 2.24) is 8.87 Å². The fourth-order valence-electron chi connectivity index (χ4n) is 5.10. The van der Waals surface area contributed by atoms with Crippen molar-refractivity contribution in [2.75, 3.05) is 18.8 Å². The first-order valence-electron chi connectivity index (χ1n) is 12.4. The molecule has 0 atom stereocenters. The van der Waals surface area contributed by atoms with Crippen LogP contribution < -0.4 is 5.73 Å². The number of carbonyl (C=O) groups excluding carboxylic acids is 1. The van der Waals surface area contributed by atoms with Crippen LogP contribution in [0.4, 0.5) is 5.69 Å². The minimum atomic E-state index is -3.94. The van der Waals surface area contributed by atoms with Crippen LogP contribution >= 0.6 is 0 Å². The van der Waals surface area contributed by atoms with Gasteiger partial charge in [0.15, 0.2) is 5.78 Å². The molecule has 0 aliphatic carbocycles. The molecule has 1 aromatic heterocycles. The Kier molecular flexibility index (Phi) is 6.94. The topological polar surface area (TPSA) is 85.4 Å². The molecule has 0 amide bonds. The van der Waals surface area contributed by atoms with E-state index in [2.05, 4.69) is 29.2 Å². The number of piperidine rings is 1. The molecule has 7 heteroatoms. The van der Waals surface area contributed by atoms with Crippen molar-refractivity contribution in [2.24, 2.45) is 5.92 Å². The minimum Gasteiger partial charge on any atom is -0.399 e. The molecule has 6 nitrogen and oxygen atoms in total. The van der Waals surface area contributed by atoms with Crippen molar-refractivity contribution in [3.63, 3.8) is 0 Å². The van der Waals surface area contributed by atoms with Crippen molar-refractivity contribution >= 4 is 32.4 Å². The highest BCUT2D eigenvalue weighted by Crippen LogP contribution is 2.30. The molecule has 4 aromatic rings. The molecule has 1 saturated heterocycles. The van der Waals surface area contributed by atoms with E-state index in [-0.39, 0.29) is 16.4 Å². The lowest BCUT2D eigenvalue weighted by atomic mass is 9.91. The van der Waals surface area contributed by atoms with E-state index in [0.29, 0.717) is 28.9 Å². The molecule has 0 saturated carbocycles. The zero-order chi connectivity index (χ0) is 25.1. The van der Waals surface area contributed by atoms with Gasteiger partial charge in [-0.15, -0.1) is 0 Å². The number of ketones is 1. The SMILES string of the molecule is Nc1ccc2c(c1)cc(C(=O)CCC1CCN(Cc3ccccc3)CC1)n2S(=O)(=O)c1ccccc1. The lowest BCUT2D eigenvalue weighted by molar-refractivity contribution is 0.0956. The van der Waals surface area contributed by atoms with Gasteiger partial charge in [0.1, 0.15) is 5.69 Å². The third-order valence-electron chi connectivity index (χ3n) is 7.08. The number of benzene rings is 3. The number of carbonyl (C=O) groups is 1. The van der Waals surface area contributed by atoms with E-state index in [0.717, 1.165) is 38.9 Å². The Hall–Kier alpha value is -3.42. The maximum absolute atomic E-state index is 13.6. The highest BCUT2D eigenvalue weighted by molar-refractivity contribution is 7.90. The molecule has 3 aromatic carbocycles. The Balaban J connectivity index is 1.31. The molecular weight excluding hydrogens is 470 g/mol. The van der Waals surface area contributed by atoms with Gasteiger partial charge < -0.3 is 5.73 Å². The van der Waals surface area contributed by atoms with Gasteiger partial charge in [0.2, 0.25) is 0 Å².